The van der Waals surface area contributed by atoms with E-state index < -0.39 is 24.0 Å². The van der Waals surface area contributed by atoms with Gasteiger partial charge in [0.25, 0.3) is 11.8 Å². The van der Waals surface area contributed by atoms with Gasteiger partial charge in [-0.25, -0.2) is 4.79 Å². The number of nitrogens with one attached hydrogen (secondary N) is 2. The average molecular weight is 642 g/mol. The first-order chi connectivity index (χ1) is 21.0. The number of amides is 2. The Morgan fingerprint density at radius 3 is 2.68 bits per heavy atom. The number of aliphatic carboxylic acids is 1. The molecule has 230 valence electrons. The molecule has 2 aliphatic heterocycles. The van der Waals surface area contributed by atoms with E-state index >= 15 is 0 Å². The summed E-state index contributed by atoms with van der Waals surface area (Å²) in [6, 6.07) is 9.15. The molecule has 3 atom stereocenters. The Hall–Kier alpha value is -4.31. The van der Waals surface area contributed by atoms with Crippen LogP contribution in [0.4, 0.5) is 0 Å². The Morgan fingerprint density at radius 2 is 1.98 bits per heavy atom. The highest BCUT2D eigenvalue weighted by molar-refractivity contribution is 6.40. The molecule has 5 rings (SSSR count). The first kappa shape index (κ1) is 31.1. The zero-order chi connectivity index (χ0) is 31.5. The van der Waals surface area contributed by atoms with E-state index in [4.69, 9.17) is 32.9 Å². The first-order valence-electron chi connectivity index (χ1n) is 14.0. The van der Waals surface area contributed by atoms with Gasteiger partial charge >= 0.3 is 5.97 Å². The van der Waals surface area contributed by atoms with E-state index in [0.29, 0.717) is 42.6 Å². The van der Waals surface area contributed by atoms with Gasteiger partial charge in [-0.3, -0.25) is 9.59 Å². The number of hydrogen-bond acceptors (Lipinski definition) is 7. The minimum absolute atomic E-state index is 0.00408. The van der Waals surface area contributed by atoms with Gasteiger partial charge in [-0.1, -0.05) is 48.3 Å². The van der Waals surface area contributed by atoms with Crippen LogP contribution in [0.2, 0.25) is 10.0 Å². The summed E-state index contributed by atoms with van der Waals surface area (Å²) in [4.78, 5) is 45.6. The topological polar surface area (TPSA) is 171 Å². The minimum Gasteiger partial charge on any atom is -0.480 e. The number of aliphatic imine (C=N–C) groups is 1. The van der Waals surface area contributed by atoms with Crippen molar-refractivity contribution < 1.29 is 29.0 Å². The number of fused-ring (bicyclic) bond motifs is 2. The number of furan rings is 1. The van der Waals surface area contributed by atoms with Crippen molar-refractivity contribution in [1.29, 1.82) is 5.26 Å². The van der Waals surface area contributed by atoms with Crippen molar-refractivity contribution in [3.05, 3.63) is 68.9 Å². The van der Waals surface area contributed by atoms with E-state index in [0.717, 1.165) is 5.39 Å². The van der Waals surface area contributed by atoms with Crippen molar-refractivity contribution in [3.8, 4) is 6.19 Å². The average Bonchev–Trinajstić information content (AvgIpc) is 3.41. The van der Waals surface area contributed by atoms with Crippen molar-refractivity contribution in [2.24, 2.45) is 10.9 Å². The lowest BCUT2D eigenvalue weighted by Gasteiger charge is -2.36. The Balaban J connectivity index is 1.28. The maximum absolute atomic E-state index is 13.3. The number of carboxylic acid groups (broad SMARTS) is 1. The molecular weight excluding hydrogens is 611 g/mol. The number of carbonyl (C=O) groups is 3. The van der Waals surface area contributed by atoms with Crippen LogP contribution < -0.4 is 10.6 Å². The number of para-hydroxylation sites is 1. The standard InChI is InChI=1S/C30H30Cl2N6O6/c1-16-8-19(39)14-38(12-16)30(35-15-33)34-11-22(29(42)43)36-27(40)25-21(31)9-18-13-37(7-6-20(18)26(25)32)28(41)24-10-17-4-2-3-5-23(17)44-24/h2-5,9-10,16,19,22,39H,6-8,11-14H2,1H3,(H,34,35)(H,36,40)(H,42,43)/t16?,19-,22+/m1/s1. The molecule has 2 amide bonds. The third-order valence-electron chi connectivity index (χ3n) is 7.72. The van der Waals surface area contributed by atoms with Crippen molar-refractivity contribution in [1.82, 2.24) is 20.4 Å². The van der Waals surface area contributed by atoms with Gasteiger partial charge in [-0.2, -0.15) is 5.26 Å². The van der Waals surface area contributed by atoms with E-state index in [2.05, 4.69) is 15.6 Å². The van der Waals surface area contributed by atoms with Crippen molar-refractivity contribution in [2.75, 3.05) is 26.2 Å². The van der Waals surface area contributed by atoms with E-state index in [9.17, 15) is 24.6 Å². The summed E-state index contributed by atoms with van der Waals surface area (Å²) < 4.78 is 5.73. The fourth-order valence-corrected chi connectivity index (χ4v) is 6.43. The molecule has 1 aromatic heterocycles. The molecule has 2 aliphatic rings. The number of likely N-dealkylation sites (tertiary alicyclic amines) is 1. The second kappa shape index (κ2) is 13.1. The van der Waals surface area contributed by atoms with E-state index in [1.165, 1.54) is 0 Å². The van der Waals surface area contributed by atoms with Gasteiger partial charge in [-0.15, -0.1) is 4.99 Å². The fraction of sp³-hybridized carbons (Fsp3) is 0.367. The zero-order valence-corrected chi connectivity index (χ0v) is 25.2. The summed E-state index contributed by atoms with van der Waals surface area (Å²) in [6.45, 7) is 2.89. The normalized spacial score (nSPS) is 19.2. The molecule has 2 aromatic carbocycles. The molecule has 3 aromatic rings. The number of β-amino-alcohol motifs (C(OH)–C–C–N with tert-alkyl or cyclic N) is 1. The molecule has 44 heavy (non-hydrogen) atoms. The second-order valence-corrected chi connectivity index (χ2v) is 11.8. The quantitative estimate of drug-likeness (QED) is 0.179. The number of halogens is 2. The highest BCUT2D eigenvalue weighted by atomic mass is 35.5. The smallest absolute Gasteiger partial charge is 0.328 e. The molecule has 12 nitrogen and oxygen atoms in total. The van der Waals surface area contributed by atoms with Crippen LogP contribution in [0.15, 0.2) is 45.8 Å². The summed E-state index contributed by atoms with van der Waals surface area (Å²) in [5.41, 5.74) is 1.84. The van der Waals surface area contributed by atoms with Crippen LogP contribution in [0.25, 0.3) is 11.0 Å². The number of rotatable bonds is 6. The largest absolute Gasteiger partial charge is 0.480 e. The number of piperidine rings is 1. The Morgan fingerprint density at radius 1 is 1.20 bits per heavy atom. The number of nitrogens with zero attached hydrogens (tertiary/aromatic N) is 4. The fourth-order valence-electron chi connectivity index (χ4n) is 5.66. The minimum atomic E-state index is -1.43. The molecule has 1 fully saturated rings. The zero-order valence-electron chi connectivity index (χ0n) is 23.7. The van der Waals surface area contributed by atoms with Crippen LogP contribution >= 0.6 is 23.2 Å². The predicted molar refractivity (Wildman–Crippen MR) is 162 cm³/mol. The van der Waals surface area contributed by atoms with Crippen molar-refractivity contribution in [2.45, 2.75) is 38.5 Å². The highest BCUT2D eigenvalue weighted by Gasteiger charge is 2.31. The lowest BCUT2D eigenvalue weighted by molar-refractivity contribution is -0.139. The van der Waals surface area contributed by atoms with E-state index in [-0.39, 0.29) is 58.8 Å². The van der Waals surface area contributed by atoms with Crippen LogP contribution in [-0.4, -0.2) is 82.1 Å². The van der Waals surface area contributed by atoms with Gasteiger partial charge in [0.15, 0.2) is 5.76 Å². The van der Waals surface area contributed by atoms with Crippen LogP contribution in [-0.2, 0) is 17.8 Å². The summed E-state index contributed by atoms with van der Waals surface area (Å²) in [6.07, 6.45) is 2.01. The molecule has 0 aliphatic carbocycles. The Bertz CT molecular complexity index is 1640. The number of guanidine groups is 1. The number of hydrogen-bond donors (Lipinski definition) is 4. The van der Waals surface area contributed by atoms with Gasteiger partial charge in [0, 0.05) is 38.1 Å². The summed E-state index contributed by atoms with van der Waals surface area (Å²) in [5, 5.41) is 35.3. The molecule has 0 bridgehead atoms. The highest BCUT2D eigenvalue weighted by Crippen LogP contribution is 2.35. The summed E-state index contributed by atoms with van der Waals surface area (Å²) in [7, 11) is 0. The van der Waals surface area contributed by atoms with Gasteiger partial charge in [0.2, 0.25) is 12.2 Å². The molecule has 1 unspecified atom stereocenters. The molecule has 3 heterocycles. The first-order valence-corrected chi connectivity index (χ1v) is 14.8. The molecular formula is C30H30Cl2N6O6. The van der Waals surface area contributed by atoms with Gasteiger partial charge in [0.05, 0.1) is 21.7 Å². The molecule has 0 saturated carbocycles. The molecule has 1 saturated heterocycles. The van der Waals surface area contributed by atoms with Gasteiger partial charge in [-0.05, 0) is 48.1 Å². The maximum atomic E-state index is 13.3. The van der Waals surface area contributed by atoms with Crippen molar-refractivity contribution in [3.63, 3.8) is 0 Å². The number of carboxylic acids is 1. The van der Waals surface area contributed by atoms with E-state index in [1.807, 2.05) is 25.1 Å². The number of nitriles is 1. The van der Waals surface area contributed by atoms with Crippen LogP contribution in [0.5, 0.6) is 0 Å². The Labute approximate surface area is 262 Å². The van der Waals surface area contributed by atoms with Crippen LogP contribution in [0.3, 0.4) is 0 Å². The maximum Gasteiger partial charge on any atom is 0.328 e. The van der Waals surface area contributed by atoms with Crippen molar-refractivity contribution >= 4 is 57.9 Å². The third kappa shape index (κ3) is 6.60. The SMILES string of the molecule is CC1C[C@@H](O)CN(/C(=N\C#N)NC[C@H](NC(=O)c2c(Cl)cc3c(c2Cl)CCN(C(=O)c2cc4ccccc4o2)C3)C(=O)O)C1. The van der Waals surface area contributed by atoms with Gasteiger partial charge in [0.1, 0.15) is 11.6 Å². The van der Waals surface area contributed by atoms with E-state index in [1.54, 1.807) is 34.2 Å². The van der Waals surface area contributed by atoms with Crippen LogP contribution in [0.1, 0.15) is 45.4 Å². The van der Waals surface area contributed by atoms with Gasteiger partial charge < -0.3 is 35.1 Å². The number of benzene rings is 2. The molecule has 0 spiro atoms. The lowest BCUT2D eigenvalue weighted by Crippen LogP contribution is -2.54. The molecule has 0 radical (unpaired) electrons. The molecule has 14 heteroatoms. The Kier molecular flexibility index (Phi) is 9.29. The lowest BCUT2D eigenvalue weighted by atomic mass is 9.96. The summed E-state index contributed by atoms with van der Waals surface area (Å²) >= 11 is 13.2. The second-order valence-electron chi connectivity index (χ2n) is 11.0. The monoisotopic (exact) mass is 640 g/mol. The van der Waals surface area contributed by atoms with Crippen LogP contribution in [0, 0.1) is 17.4 Å². The number of aliphatic hydroxyl groups excluding tert-OH is 1. The third-order valence-corrected chi connectivity index (χ3v) is 8.43. The number of aliphatic hydroxyl groups is 1. The number of carbonyl (C=O) groups excluding carboxylic acids is 2. The molecule has 4 N–H and O–H groups in total. The summed E-state index contributed by atoms with van der Waals surface area (Å²) in [5.74, 6) is -1.97. The predicted octanol–water partition coefficient (Wildman–Crippen LogP) is 3.25.